The third kappa shape index (κ3) is 1.70. The van der Waals surface area contributed by atoms with Crippen LogP contribution in [-0.4, -0.2) is 35.0 Å². The Bertz CT molecular complexity index is 407. The Labute approximate surface area is 107 Å². The molecule has 4 nitrogen and oxygen atoms in total. The highest BCUT2D eigenvalue weighted by atomic mass is 16.6. The van der Waals surface area contributed by atoms with E-state index >= 15 is 0 Å². The van der Waals surface area contributed by atoms with Gasteiger partial charge in [0.25, 0.3) is 0 Å². The van der Waals surface area contributed by atoms with Crippen LogP contribution >= 0.6 is 0 Å². The van der Waals surface area contributed by atoms with E-state index in [4.69, 9.17) is 9.47 Å². The summed E-state index contributed by atoms with van der Waals surface area (Å²) < 4.78 is 11.3. The molecule has 4 unspecified atom stereocenters. The summed E-state index contributed by atoms with van der Waals surface area (Å²) >= 11 is 0. The number of hydrogen-bond acceptors (Lipinski definition) is 4. The topological polar surface area (TPSA) is 55.8 Å². The largest absolute Gasteiger partial charge is 0.456 e. The van der Waals surface area contributed by atoms with Crippen LogP contribution in [0, 0.1) is 5.92 Å². The van der Waals surface area contributed by atoms with E-state index in [1.165, 1.54) is 6.08 Å². The van der Waals surface area contributed by atoms with Gasteiger partial charge in [-0.05, 0) is 25.2 Å². The number of methoxy groups -OCH3 is 1. The van der Waals surface area contributed by atoms with Crippen LogP contribution in [0.3, 0.4) is 0 Å². The maximum Gasteiger partial charge on any atom is 0.330 e. The second-order valence-corrected chi connectivity index (χ2v) is 6.43. The van der Waals surface area contributed by atoms with Crippen molar-refractivity contribution in [2.24, 2.45) is 5.92 Å². The predicted molar refractivity (Wildman–Crippen MR) is 64.9 cm³/mol. The molecule has 4 atom stereocenters. The molecule has 4 rings (SSSR count). The highest BCUT2D eigenvalue weighted by Gasteiger charge is 2.65. The number of esters is 1. The van der Waals surface area contributed by atoms with Gasteiger partial charge in [-0.3, -0.25) is 0 Å². The quantitative estimate of drug-likeness (QED) is 0.612. The van der Waals surface area contributed by atoms with Crippen LogP contribution < -0.4 is 0 Å². The van der Waals surface area contributed by atoms with Gasteiger partial charge in [-0.2, -0.15) is 0 Å². The van der Waals surface area contributed by atoms with Crippen molar-refractivity contribution < 1.29 is 19.4 Å². The number of ether oxygens (including phenoxy) is 2. The fraction of sp³-hybridized carbons (Fsp3) is 0.786. The first-order chi connectivity index (χ1) is 8.42. The Balaban J connectivity index is 1.93. The number of rotatable bonds is 3. The van der Waals surface area contributed by atoms with Crippen LogP contribution in [-0.2, 0) is 14.3 Å². The molecule has 0 amide bonds. The zero-order chi connectivity index (χ0) is 13.0. The molecule has 18 heavy (non-hydrogen) atoms. The molecule has 0 radical (unpaired) electrons. The van der Waals surface area contributed by atoms with Crippen LogP contribution in [0.4, 0.5) is 0 Å². The van der Waals surface area contributed by atoms with Gasteiger partial charge in [0.1, 0.15) is 5.60 Å². The van der Waals surface area contributed by atoms with Crippen LogP contribution in [0.15, 0.2) is 12.7 Å². The number of hydrogen-bond donors (Lipinski definition) is 1. The summed E-state index contributed by atoms with van der Waals surface area (Å²) in [6.45, 7) is 3.45. The van der Waals surface area contributed by atoms with Gasteiger partial charge in [-0.25, -0.2) is 4.79 Å². The van der Waals surface area contributed by atoms with Gasteiger partial charge in [0, 0.05) is 32.4 Å². The molecule has 4 saturated carbocycles. The maximum absolute atomic E-state index is 11.5. The van der Waals surface area contributed by atoms with Crippen molar-refractivity contribution in [3.05, 3.63) is 12.7 Å². The summed E-state index contributed by atoms with van der Waals surface area (Å²) in [4.78, 5) is 11.5. The van der Waals surface area contributed by atoms with Gasteiger partial charge in [-0.1, -0.05) is 6.58 Å². The molecule has 0 aromatic rings. The third-order valence-electron chi connectivity index (χ3n) is 4.85. The van der Waals surface area contributed by atoms with E-state index in [0.717, 1.165) is 19.3 Å². The van der Waals surface area contributed by atoms with Crippen molar-refractivity contribution >= 4 is 5.97 Å². The molecule has 4 fully saturated rings. The van der Waals surface area contributed by atoms with Gasteiger partial charge in [0.05, 0.1) is 11.2 Å². The van der Waals surface area contributed by atoms with Crippen molar-refractivity contribution in [2.75, 3.05) is 7.11 Å². The predicted octanol–water partition coefficient (Wildman–Crippen LogP) is 1.57. The lowest BCUT2D eigenvalue weighted by Gasteiger charge is -2.63. The van der Waals surface area contributed by atoms with Gasteiger partial charge >= 0.3 is 5.97 Å². The van der Waals surface area contributed by atoms with Crippen LogP contribution in [0.2, 0.25) is 0 Å². The molecule has 4 heteroatoms. The van der Waals surface area contributed by atoms with E-state index in [2.05, 4.69) is 6.58 Å². The van der Waals surface area contributed by atoms with Gasteiger partial charge in [-0.15, -0.1) is 0 Å². The van der Waals surface area contributed by atoms with Crippen LogP contribution in [0.1, 0.15) is 38.5 Å². The molecule has 0 aromatic carbocycles. The Kier molecular flexibility index (Phi) is 2.42. The summed E-state index contributed by atoms with van der Waals surface area (Å²) in [5.74, 6) is -0.00406. The van der Waals surface area contributed by atoms with E-state index in [-0.39, 0.29) is 5.60 Å². The minimum absolute atomic E-state index is 0.310. The molecule has 0 spiro atoms. The molecule has 100 valence electrons. The highest BCUT2D eigenvalue weighted by molar-refractivity contribution is 5.81. The van der Waals surface area contributed by atoms with E-state index in [1.54, 1.807) is 7.11 Å². The van der Waals surface area contributed by atoms with Crippen LogP contribution in [0.25, 0.3) is 0 Å². The second-order valence-electron chi connectivity index (χ2n) is 6.43. The van der Waals surface area contributed by atoms with Gasteiger partial charge in [0.15, 0.2) is 0 Å². The highest BCUT2D eigenvalue weighted by Crippen LogP contribution is 2.61. The first-order valence-electron chi connectivity index (χ1n) is 6.55. The normalized spacial score (nSPS) is 49.1. The Hall–Kier alpha value is -0.870. The SMILES string of the molecule is C=CC(=O)OC12CC3CC(O)(CC(OC)(C3)C1)C2. The molecule has 4 aliphatic carbocycles. The van der Waals surface area contributed by atoms with Gasteiger partial charge < -0.3 is 14.6 Å². The summed E-state index contributed by atoms with van der Waals surface area (Å²) in [5.41, 5.74) is -1.58. The molecular weight excluding hydrogens is 232 g/mol. The Morgan fingerprint density at radius 3 is 2.56 bits per heavy atom. The van der Waals surface area contributed by atoms with E-state index in [9.17, 15) is 9.90 Å². The molecule has 0 heterocycles. The fourth-order valence-electron chi connectivity index (χ4n) is 4.81. The monoisotopic (exact) mass is 252 g/mol. The number of carbonyl (C=O) groups excluding carboxylic acids is 1. The zero-order valence-electron chi connectivity index (χ0n) is 10.8. The number of aliphatic hydroxyl groups is 1. The second kappa shape index (κ2) is 3.58. The van der Waals surface area contributed by atoms with E-state index in [1.807, 2.05) is 0 Å². The van der Waals surface area contributed by atoms with E-state index < -0.39 is 17.2 Å². The lowest BCUT2D eigenvalue weighted by Crippen LogP contribution is -2.67. The Morgan fingerprint density at radius 2 is 1.94 bits per heavy atom. The third-order valence-corrected chi connectivity index (χ3v) is 4.85. The summed E-state index contributed by atoms with van der Waals surface area (Å²) in [7, 11) is 1.69. The lowest BCUT2D eigenvalue weighted by molar-refractivity contribution is -0.266. The lowest BCUT2D eigenvalue weighted by atomic mass is 9.50. The summed E-state index contributed by atoms with van der Waals surface area (Å²) in [6, 6.07) is 0. The molecule has 0 saturated heterocycles. The molecule has 4 aliphatic rings. The minimum Gasteiger partial charge on any atom is -0.456 e. The van der Waals surface area contributed by atoms with Crippen LogP contribution in [0.5, 0.6) is 0 Å². The molecule has 0 aromatic heterocycles. The fourth-order valence-corrected chi connectivity index (χ4v) is 4.81. The average Bonchev–Trinajstić information content (AvgIpc) is 2.25. The summed E-state index contributed by atoms with van der Waals surface area (Å²) in [6.07, 6.45) is 5.74. The molecule has 1 N–H and O–H groups in total. The minimum atomic E-state index is -0.725. The van der Waals surface area contributed by atoms with Crippen molar-refractivity contribution in [1.29, 1.82) is 0 Å². The smallest absolute Gasteiger partial charge is 0.330 e. The van der Waals surface area contributed by atoms with Crippen molar-refractivity contribution in [3.63, 3.8) is 0 Å². The molecule has 4 bridgehead atoms. The first kappa shape index (κ1) is 12.2. The molecule has 0 aliphatic heterocycles. The standard InChI is InChI=1S/C14H20O4/c1-3-11(15)18-14-6-10-4-12(16,8-14)7-13(5-10,9-14)17-2/h3,10,16H,1,4-9H2,2H3. The van der Waals surface area contributed by atoms with Crippen molar-refractivity contribution in [2.45, 2.75) is 55.3 Å². The summed E-state index contributed by atoms with van der Waals surface area (Å²) in [5, 5.41) is 10.7. The average molecular weight is 252 g/mol. The Morgan fingerprint density at radius 1 is 1.28 bits per heavy atom. The van der Waals surface area contributed by atoms with E-state index in [0.29, 0.717) is 25.2 Å². The zero-order valence-corrected chi connectivity index (χ0v) is 10.8. The van der Waals surface area contributed by atoms with Gasteiger partial charge in [0.2, 0.25) is 0 Å². The number of carbonyl (C=O) groups is 1. The molecular formula is C14H20O4. The maximum atomic E-state index is 11.5. The first-order valence-corrected chi connectivity index (χ1v) is 6.55. The van der Waals surface area contributed by atoms with Crippen molar-refractivity contribution in [1.82, 2.24) is 0 Å². The van der Waals surface area contributed by atoms with Crippen molar-refractivity contribution in [3.8, 4) is 0 Å².